The summed E-state index contributed by atoms with van der Waals surface area (Å²) in [5.41, 5.74) is 11.2. The topological polar surface area (TPSA) is 285 Å². The van der Waals surface area contributed by atoms with E-state index >= 15 is 0 Å². The Bertz CT molecular complexity index is 1160. The van der Waals surface area contributed by atoms with Crippen LogP contribution in [0.4, 0.5) is 16.2 Å². The van der Waals surface area contributed by atoms with Crippen molar-refractivity contribution in [2.75, 3.05) is 18.1 Å². The molecule has 1 aliphatic rings. The van der Waals surface area contributed by atoms with Gasteiger partial charge in [-0.15, -0.1) is 0 Å². The van der Waals surface area contributed by atoms with Crippen LogP contribution in [0.25, 0.3) is 11.2 Å². The fourth-order valence-electron chi connectivity index (χ4n) is 2.68. The first-order valence-corrected chi connectivity index (χ1v) is 12.6. The van der Waals surface area contributed by atoms with E-state index in [0.29, 0.717) is 0 Å². The molecule has 6 atom stereocenters. The number of nitrogens with zero attached hydrogens (tertiary/aromatic N) is 4. The zero-order valence-corrected chi connectivity index (χ0v) is 18.0. The number of nitrogen functional groups attached to an aromatic ring is 2. The van der Waals surface area contributed by atoms with Gasteiger partial charge in [-0.05, 0) is 0 Å². The van der Waals surface area contributed by atoms with Crippen LogP contribution in [0.2, 0.25) is 0 Å². The summed E-state index contributed by atoms with van der Waals surface area (Å²) in [7, 11) is -16.8. The molecule has 32 heavy (non-hydrogen) atoms. The first-order valence-electron chi connectivity index (χ1n) is 8.10. The van der Waals surface area contributed by atoms with Crippen LogP contribution in [0.5, 0.6) is 0 Å². The molecular formula is C10H16FN6O12P3. The van der Waals surface area contributed by atoms with E-state index in [9.17, 15) is 28.1 Å². The van der Waals surface area contributed by atoms with Gasteiger partial charge < -0.3 is 40.9 Å². The molecule has 3 rings (SSSR count). The smallest absolute Gasteiger partial charge is 0.387 e. The van der Waals surface area contributed by atoms with Crippen LogP contribution in [0.1, 0.15) is 6.23 Å². The van der Waals surface area contributed by atoms with Gasteiger partial charge in [-0.3, -0.25) is 9.09 Å². The maximum Gasteiger partial charge on any atom is 0.490 e. The molecule has 0 saturated carbocycles. The van der Waals surface area contributed by atoms with Crippen LogP contribution in [0.3, 0.4) is 0 Å². The Kier molecular flexibility index (Phi) is 6.76. The molecule has 2 aromatic heterocycles. The molecule has 180 valence electrons. The van der Waals surface area contributed by atoms with Crippen molar-refractivity contribution in [2.45, 2.75) is 24.6 Å². The summed E-state index contributed by atoms with van der Waals surface area (Å²) in [6.45, 7) is -1.06. The minimum Gasteiger partial charge on any atom is -0.387 e. The molecule has 0 aromatic carbocycles. The molecule has 0 bridgehead atoms. The molecule has 0 amide bonds. The van der Waals surface area contributed by atoms with E-state index < -0.39 is 54.7 Å². The number of aliphatic hydroxyl groups is 1. The molecular weight excluding hydrogens is 508 g/mol. The minimum absolute atomic E-state index is 0.0385. The number of hydrogen-bond donors (Lipinski definition) is 7. The first kappa shape index (κ1) is 25.0. The summed E-state index contributed by atoms with van der Waals surface area (Å²) >= 11 is 0. The van der Waals surface area contributed by atoms with Gasteiger partial charge in [0.1, 0.15) is 17.7 Å². The lowest BCUT2D eigenvalue weighted by molar-refractivity contribution is -0.0450. The van der Waals surface area contributed by atoms with E-state index in [1.54, 1.807) is 0 Å². The largest absolute Gasteiger partial charge is 0.490 e. The Balaban J connectivity index is 1.72. The van der Waals surface area contributed by atoms with Gasteiger partial charge in [-0.1, -0.05) is 0 Å². The Labute approximate surface area is 176 Å². The highest BCUT2D eigenvalue weighted by molar-refractivity contribution is 7.66. The number of aromatic nitrogens is 4. The third kappa shape index (κ3) is 5.66. The lowest BCUT2D eigenvalue weighted by atomic mass is 10.1. The lowest BCUT2D eigenvalue weighted by Gasteiger charge is -2.19. The Morgan fingerprint density at radius 2 is 1.78 bits per heavy atom. The van der Waals surface area contributed by atoms with E-state index in [-0.39, 0.29) is 22.9 Å². The fourth-order valence-corrected chi connectivity index (χ4v) is 5.71. The van der Waals surface area contributed by atoms with Crippen molar-refractivity contribution < 1.29 is 60.6 Å². The summed E-state index contributed by atoms with van der Waals surface area (Å²) < 4.78 is 66.1. The maximum absolute atomic E-state index is 14.7. The number of anilines is 2. The Hall–Kier alpha value is -1.59. The minimum atomic E-state index is -5.74. The van der Waals surface area contributed by atoms with Gasteiger partial charge in [0.15, 0.2) is 23.9 Å². The van der Waals surface area contributed by atoms with Gasteiger partial charge in [0.25, 0.3) is 0 Å². The molecule has 9 N–H and O–H groups in total. The van der Waals surface area contributed by atoms with Crippen LogP contribution >= 0.6 is 23.5 Å². The van der Waals surface area contributed by atoms with Crippen molar-refractivity contribution >= 4 is 46.4 Å². The van der Waals surface area contributed by atoms with E-state index in [0.717, 1.165) is 10.9 Å². The average molecular weight is 524 g/mol. The van der Waals surface area contributed by atoms with Crippen LogP contribution in [-0.4, -0.2) is 69.2 Å². The van der Waals surface area contributed by atoms with Gasteiger partial charge in [-0.2, -0.15) is 18.6 Å². The molecule has 0 aliphatic carbocycles. The van der Waals surface area contributed by atoms with Gasteiger partial charge in [0.2, 0.25) is 5.95 Å². The summed E-state index contributed by atoms with van der Waals surface area (Å²) in [5, 5.41) is 10.1. The Morgan fingerprint density at radius 3 is 2.41 bits per heavy atom. The second-order valence-corrected chi connectivity index (χ2v) is 10.6. The summed E-state index contributed by atoms with van der Waals surface area (Å²) in [6.07, 6.45) is -6.18. The van der Waals surface area contributed by atoms with Crippen LogP contribution in [-0.2, 0) is 31.6 Å². The fraction of sp³-hybridized carbons (Fsp3) is 0.500. The van der Waals surface area contributed by atoms with Gasteiger partial charge in [0.05, 0.1) is 12.9 Å². The third-order valence-electron chi connectivity index (χ3n) is 3.85. The van der Waals surface area contributed by atoms with Crippen molar-refractivity contribution in [3.63, 3.8) is 0 Å². The number of nitrogens with two attached hydrogens (primary N) is 2. The SMILES string of the molecule is Nc1nc(N)c2ncn(C3OC(COP(=O)(O)OP(=O)(O)OP(=O)(O)O)C(O)C3F)c2n1. The number of rotatable bonds is 8. The lowest BCUT2D eigenvalue weighted by Crippen LogP contribution is -2.31. The van der Waals surface area contributed by atoms with Crippen LogP contribution in [0.15, 0.2) is 6.33 Å². The average Bonchev–Trinajstić information content (AvgIpc) is 3.12. The number of hydrogen-bond acceptors (Lipinski definition) is 13. The molecule has 22 heteroatoms. The van der Waals surface area contributed by atoms with Crippen molar-refractivity contribution in [1.82, 2.24) is 19.5 Å². The van der Waals surface area contributed by atoms with Gasteiger partial charge in [-0.25, -0.2) is 23.1 Å². The van der Waals surface area contributed by atoms with Crippen molar-refractivity contribution in [1.29, 1.82) is 0 Å². The predicted molar refractivity (Wildman–Crippen MR) is 98.8 cm³/mol. The number of aliphatic hydroxyl groups excluding tert-OH is 1. The van der Waals surface area contributed by atoms with Crippen molar-refractivity contribution in [3.05, 3.63) is 6.33 Å². The maximum atomic E-state index is 14.7. The molecule has 3 heterocycles. The number of ether oxygens (including phenoxy) is 1. The van der Waals surface area contributed by atoms with Crippen molar-refractivity contribution in [2.24, 2.45) is 0 Å². The number of alkyl halides is 1. The Morgan fingerprint density at radius 1 is 1.12 bits per heavy atom. The predicted octanol–water partition coefficient (Wildman–Crippen LogP) is -1.07. The second-order valence-electron chi connectivity index (χ2n) is 6.18. The third-order valence-corrected chi connectivity index (χ3v) is 7.65. The first-order chi connectivity index (χ1) is 14.6. The standard InChI is InChI=1S/C10H16FN6O12P3/c11-4-6(18)3(1-26-31(22,23)29-32(24,25)28-30(19,20)21)27-9(4)17-2-14-5-7(12)15-10(13)16-8(5)17/h2-4,6,9,18H,1H2,(H,22,23)(H,24,25)(H2,19,20,21)(H4,12,13,15,16). The second kappa shape index (κ2) is 8.64. The zero-order valence-electron chi connectivity index (χ0n) is 15.4. The van der Waals surface area contributed by atoms with E-state index in [1.165, 1.54) is 0 Å². The molecule has 6 unspecified atom stereocenters. The summed E-state index contributed by atoms with van der Waals surface area (Å²) in [5.74, 6) is -0.362. The molecule has 0 radical (unpaired) electrons. The van der Waals surface area contributed by atoms with Crippen LogP contribution in [0, 0.1) is 0 Å². The highest BCUT2D eigenvalue weighted by Crippen LogP contribution is 2.66. The van der Waals surface area contributed by atoms with E-state index in [4.69, 9.17) is 30.9 Å². The molecule has 1 fully saturated rings. The van der Waals surface area contributed by atoms with E-state index in [1.807, 2.05) is 0 Å². The van der Waals surface area contributed by atoms with Gasteiger partial charge >= 0.3 is 23.5 Å². The summed E-state index contributed by atoms with van der Waals surface area (Å²) in [4.78, 5) is 47.0. The summed E-state index contributed by atoms with van der Waals surface area (Å²) in [6, 6.07) is 0. The molecule has 2 aromatic rings. The zero-order chi connectivity index (χ0) is 24.1. The van der Waals surface area contributed by atoms with E-state index in [2.05, 4.69) is 28.1 Å². The monoisotopic (exact) mass is 524 g/mol. The molecule has 1 saturated heterocycles. The highest BCUT2D eigenvalue weighted by Gasteiger charge is 2.48. The number of halogens is 1. The number of phosphoric ester groups is 1. The molecule has 1 aliphatic heterocycles. The molecule has 0 spiro atoms. The number of phosphoric acid groups is 3. The van der Waals surface area contributed by atoms with Gasteiger partial charge in [0, 0.05) is 0 Å². The number of imidazole rings is 1. The normalized spacial score (nSPS) is 27.9. The van der Waals surface area contributed by atoms with Crippen LogP contribution < -0.4 is 11.5 Å². The quantitative estimate of drug-likeness (QED) is 0.202. The van der Waals surface area contributed by atoms with Crippen molar-refractivity contribution in [3.8, 4) is 0 Å². The number of fused-ring (bicyclic) bond motifs is 1. The highest BCUT2D eigenvalue weighted by atomic mass is 31.3. The molecule has 18 nitrogen and oxygen atoms in total.